The molecule has 2 aromatic rings. The molecule has 3 nitrogen and oxygen atoms in total. The number of fused-ring (bicyclic) bond motifs is 1. The number of alkyl halides is 3. The van der Waals surface area contributed by atoms with Gasteiger partial charge in [0.2, 0.25) is 0 Å². The lowest BCUT2D eigenvalue weighted by molar-refractivity contribution is -0.142. The second-order valence-corrected chi connectivity index (χ2v) is 4.82. The minimum absolute atomic E-state index is 0.191. The highest BCUT2D eigenvalue weighted by Crippen LogP contribution is 2.36. The van der Waals surface area contributed by atoms with Crippen LogP contribution in [0.5, 0.6) is 0 Å². The molecule has 0 aliphatic carbocycles. The molecule has 1 heterocycles. The third kappa shape index (κ3) is 2.34. The molecule has 1 aromatic carbocycles. The second-order valence-electron chi connectivity index (χ2n) is 3.97. The third-order valence-corrected chi connectivity index (χ3v) is 3.48. The molecule has 2 rings (SSSR count). The fourth-order valence-corrected chi connectivity index (χ4v) is 2.46. The van der Waals surface area contributed by atoms with E-state index in [0.29, 0.717) is 15.4 Å². The van der Waals surface area contributed by atoms with Crippen LogP contribution in [-0.4, -0.2) is 17.6 Å². The van der Waals surface area contributed by atoms with Gasteiger partial charge in [-0.2, -0.15) is 13.2 Å². The summed E-state index contributed by atoms with van der Waals surface area (Å²) in [6, 6.07) is 3.86. The number of nitrogens with zero attached hydrogens (tertiary/aromatic N) is 1. The Morgan fingerprint density at radius 2 is 1.95 bits per heavy atom. The molecule has 0 bridgehead atoms. The number of aromatic nitrogens is 1. The zero-order chi connectivity index (χ0) is 14.4. The van der Waals surface area contributed by atoms with E-state index in [0.717, 1.165) is 10.6 Å². The van der Waals surface area contributed by atoms with Crippen molar-refractivity contribution < 1.29 is 22.7 Å². The van der Waals surface area contributed by atoms with Gasteiger partial charge in [-0.25, -0.2) is 4.79 Å². The molecular formula is C12H9BrF3NO2. The summed E-state index contributed by atoms with van der Waals surface area (Å²) in [7, 11) is 2.52. The van der Waals surface area contributed by atoms with E-state index < -0.39 is 17.8 Å². The van der Waals surface area contributed by atoms with E-state index in [1.165, 1.54) is 26.3 Å². The van der Waals surface area contributed by atoms with Crippen LogP contribution in [0.2, 0.25) is 0 Å². The summed E-state index contributed by atoms with van der Waals surface area (Å²) >= 11 is 3.17. The lowest BCUT2D eigenvalue weighted by Gasteiger charge is -2.08. The molecule has 0 unspecified atom stereocenters. The van der Waals surface area contributed by atoms with Crippen molar-refractivity contribution in [2.75, 3.05) is 7.11 Å². The molecule has 0 N–H and O–H groups in total. The van der Waals surface area contributed by atoms with Crippen molar-refractivity contribution in [2.45, 2.75) is 6.18 Å². The second kappa shape index (κ2) is 4.56. The molecule has 0 aliphatic rings. The van der Waals surface area contributed by atoms with Crippen LogP contribution in [0.4, 0.5) is 13.2 Å². The zero-order valence-corrected chi connectivity index (χ0v) is 11.6. The predicted molar refractivity (Wildman–Crippen MR) is 67.0 cm³/mol. The van der Waals surface area contributed by atoms with Crippen LogP contribution in [-0.2, 0) is 18.0 Å². The Labute approximate surface area is 115 Å². The van der Waals surface area contributed by atoms with Gasteiger partial charge in [-0.3, -0.25) is 0 Å². The van der Waals surface area contributed by atoms with Gasteiger partial charge in [0.25, 0.3) is 0 Å². The highest BCUT2D eigenvalue weighted by Gasteiger charge is 2.34. The smallest absolute Gasteiger partial charge is 0.431 e. The maximum Gasteiger partial charge on any atom is 0.431 e. The molecular weight excluding hydrogens is 327 g/mol. The molecule has 1 aromatic heterocycles. The van der Waals surface area contributed by atoms with Crippen molar-refractivity contribution in [1.29, 1.82) is 0 Å². The molecule has 0 amide bonds. The normalized spacial score (nSPS) is 11.9. The first-order valence-corrected chi connectivity index (χ1v) is 5.99. The fourth-order valence-electron chi connectivity index (χ4n) is 1.89. The average Bonchev–Trinajstić information content (AvgIpc) is 2.66. The Bertz CT molecular complexity index is 661. The molecule has 102 valence electrons. The minimum Gasteiger partial charge on any atom is -0.465 e. The number of rotatable bonds is 1. The first kappa shape index (κ1) is 13.9. The van der Waals surface area contributed by atoms with E-state index in [1.54, 1.807) is 0 Å². The number of halogens is 4. The van der Waals surface area contributed by atoms with E-state index >= 15 is 0 Å². The Balaban J connectivity index is 2.75. The largest absolute Gasteiger partial charge is 0.465 e. The fraction of sp³-hybridized carbons (Fsp3) is 0.250. The van der Waals surface area contributed by atoms with Gasteiger partial charge in [-0.15, -0.1) is 0 Å². The van der Waals surface area contributed by atoms with Crippen molar-refractivity contribution in [1.82, 2.24) is 4.57 Å². The molecule has 0 saturated carbocycles. The maximum atomic E-state index is 12.8. The van der Waals surface area contributed by atoms with Gasteiger partial charge in [0.05, 0.1) is 18.2 Å². The molecule has 0 aliphatic heterocycles. The van der Waals surface area contributed by atoms with E-state index in [1.807, 2.05) is 0 Å². The van der Waals surface area contributed by atoms with Gasteiger partial charge in [-0.05, 0) is 18.2 Å². The van der Waals surface area contributed by atoms with Gasteiger partial charge in [0.1, 0.15) is 5.69 Å². The van der Waals surface area contributed by atoms with Gasteiger partial charge in [0.15, 0.2) is 0 Å². The van der Waals surface area contributed by atoms with Gasteiger partial charge in [-0.1, -0.05) is 15.9 Å². The summed E-state index contributed by atoms with van der Waals surface area (Å²) in [5.41, 5.74) is -0.274. The Morgan fingerprint density at radius 3 is 2.47 bits per heavy atom. The average molecular weight is 336 g/mol. The summed E-state index contributed by atoms with van der Waals surface area (Å²) in [4.78, 5) is 11.4. The monoisotopic (exact) mass is 335 g/mol. The number of carbonyl (C=O) groups is 1. The Hall–Kier alpha value is -1.50. The number of benzene rings is 1. The quantitative estimate of drug-likeness (QED) is 0.743. The minimum atomic E-state index is -4.45. The number of hydrogen-bond acceptors (Lipinski definition) is 2. The molecule has 0 atom stereocenters. The molecule has 0 fully saturated rings. The molecule has 0 spiro atoms. The Kier molecular flexibility index (Phi) is 3.34. The van der Waals surface area contributed by atoms with Crippen molar-refractivity contribution in [3.05, 3.63) is 33.9 Å². The molecule has 0 radical (unpaired) electrons. The Morgan fingerprint density at radius 1 is 1.32 bits per heavy atom. The van der Waals surface area contributed by atoms with Crippen LogP contribution in [0.15, 0.2) is 22.7 Å². The topological polar surface area (TPSA) is 31.2 Å². The SMILES string of the molecule is COC(=O)c1cc(Br)c2cc(C(F)(F)F)n(C)c2c1. The first-order valence-electron chi connectivity index (χ1n) is 5.20. The van der Waals surface area contributed by atoms with Crippen LogP contribution < -0.4 is 0 Å². The predicted octanol–water partition coefficient (Wildman–Crippen LogP) is 3.75. The number of aryl methyl sites for hydroxylation is 1. The van der Waals surface area contributed by atoms with Crippen molar-refractivity contribution in [3.8, 4) is 0 Å². The molecule has 7 heteroatoms. The summed E-state index contributed by atoms with van der Waals surface area (Å²) in [5, 5.41) is 0.391. The van der Waals surface area contributed by atoms with Crippen LogP contribution in [0.3, 0.4) is 0 Å². The van der Waals surface area contributed by atoms with E-state index in [-0.39, 0.29) is 5.56 Å². The van der Waals surface area contributed by atoms with Crippen LogP contribution >= 0.6 is 15.9 Å². The van der Waals surface area contributed by atoms with Crippen molar-refractivity contribution in [2.24, 2.45) is 7.05 Å². The summed E-state index contributed by atoms with van der Waals surface area (Å²) < 4.78 is 44.4. The maximum absolute atomic E-state index is 12.8. The number of esters is 1. The zero-order valence-electron chi connectivity index (χ0n) is 10.0. The standard InChI is InChI=1S/C12H9BrF3NO2/c1-17-9-4-6(11(18)19-2)3-8(13)7(9)5-10(17)12(14,15)16/h3-5H,1-2H3. The van der Waals surface area contributed by atoms with Crippen LogP contribution in [0.1, 0.15) is 16.1 Å². The van der Waals surface area contributed by atoms with Gasteiger partial charge >= 0.3 is 12.1 Å². The lowest BCUT2D eigenvalue weighted by atomic mass is 10.1. The van der Waals surface area contributed by atoms with Gasteiger partial charge < -0.3 is 9.30 Å². The third-order valence-electron chi connectivity index (χ3n) is 2.82. The number of ether oxygens (including phenoxy) is 1. The van der Waals surface area contributed by atoms with Crippen molar-refractivity contribution in [3.63, 3.8) is 0 Å². The first-order chi connectivity index (χ1) is 8.75. The summed E-state index contributed by atoms with van der Waals surface area (Å²) in [6.07, 6.45) is -4.45. The van der Waals surface area contributed by atoms with E-state index in [9.17, 15) is 18.0 Å². The van der Waals surface area contributed by atoms with E-state index in [4.69, 9.17) is 0 Å². The highest BCUT2D eigenvalue weighted by atomic mass is 79.9. The van der Waals surface area contributed by atoms with E-state index in [2.05, 4.69) is 20.7 Å². The van der Waals surface area contributed by atoms with Crippen molar-refractivity contribution >= 4 is 32.8 Å². The number of hydrogen-bond donors (Lipinski definition) is 0. The summed E-state index contributed by atoms with van der Waals surface area (Å²) in [6.45, 7) is 0. The van der Waals surface area contributed by atoms with Gasteiger partial charge in [0, 0.05) is 16.9 Å². The molecule has 19 heavy (non-hydrogen) atoms. The van der Waals surface area contributed by atoms with Crippen LogP contribution in [0, 0.1) is 0 Å². The highest BCUT2D eigenvalue weighted by molar-refractivity contribution is 9.10. The molecule has 0 saturated heterocycles. The lowest BCUT2D eigenvalue weighted by Crippen LogP contribution is -2.10. The number of carbonyl (C=O) groups excluding carboxylic acids is 1. The summed E-state index contributed by atoms with van der Waals surface area (Å²) in [5.74, 6) is -0.600. The van der Waals surface area contributed by atoms with Crippen LogP contribution in [0.25, 0.3) is 10.9 Å². The number of methoxy groups -OCH3 is 1.